The van der Waals surface area contributed by atoms with E-state index in [-0.39, 0.29) is 11.8 Å². The molecule has 0 saturated heterocycles. The van der Waals surface area contributed by atoms with Gasteiger partial charge in [-0.2, -0.15) is 0 Å². The molecular formula is C20H19FN2O2. The molecule has 0 aliphatic heterocycles. The zero-order chi connectivity index (χ0) is 17.6. The smallest absolute Gasteiger partial charge is 0.315 e. The van der Waals surface area contributed by atoms with Crippen molar-refractivity contribution >= 4 is 16.8 Å². The number of hydrogen-bond donors (Lipinski definition) is 2. The minimum atomic E-state index is -0.290. The van der Waals surface area contributed by atoms with Gasteiger partial charge in [-0.15, -0.1) is 0 Å². The summed E-state index contributed by atoms with van der Waals surface area (Å²) in [5, 5.41) is 7.75. The van der Waals surface area contributed by atoms with E-state index in [1.54, 1.807) is 19.2 Å². The molecule has 128 valence electrons. The molecule has 3 aromatic carbocycles. The standard InChI is InChI=1S/C20H19FN2O2/c1-25-19-9-6-16-10-15(2-5-17(16)11-19)13-23-20(24)22-12-14-3-7-18(21)8-4-14/h2-11H,12-13H2,1H3,(H2,22,23,24). The van der Waals surface area contributed by atoms with Crippen LogP contribution in [0.4, 0.5) is 9.18 Å². The third-order valence-electron chi connectivity index (χ3n) is 3.93. The van der Waals surface area contributed by atoms with Crippen molar-refractivity contribution in [1.29, 1.82) is 0 Å². The van der Waals surface area contributed by atoms with Gasteiger partial charge in [-0.25, -0.2) is 9.18 Å². The van der Waals surface area contributed by atoms with Crippen molar-refractivity contribution in [3.63, 3.8) is 0 Å². The highest BCUT2D eigenvalue weighted by atomic mass is 19.1. The van der Waals surface area contributed by atoms with Crippen LogP contribution in [0.3, 0.4) is 0 Å². The first-order valence-electron chi connectivity index (χ1n) is 7.97. The van der Waals surface area contributed by atoms with Gasteiger partial charge < -0.3 is 15.4 Å². The lowest BCUT2D eigenvalue weighted by molar-refractivity contribution is 0.240. The molecule has 2 N–H and O–H groups in total. The van der Waals surface area contributed by atoms with Gasteiger partial charge in [0.05, 0.1) is 7.11 Å². The Balaban J connectivity index is 1.54. The molecule has 0 fully saturated rings. The summed E-state index contributed by atoms with van der Waals surface area (Å²) in [4.78, 5) is 11.9. The largest absolute Gasteiger partial charge is 0.497 e. The maximum Gasteiger partial charge on any atom is 0.315 e. The van der Waals surface area contributed by atoms with Crippen LogP contribution in [0, 0.1) is 5.82 Å². The number of rotatable bonds is 5. The predicted octanol–water partition coefficient (Wildman–Crippen LogP) is 3.99. The highest BCUT2D eigenvalue weighted by molar-refractivity contribution is 5.84. The average Bonchev–Trinajstić information content (AvgIpc) is 2.65. The fourth-order valence-electron chi connectivity index (χ4n) is 2.54. The number of carbonyl (C=O) groups excluding carboxylic acids is 1. The molecule has 0 aromatic heterocycles. The molecule has 0 bridgehead atoms. The first-order chi connectivity index (χ1) is 12.1. The summed E-state index contributed by atoms with van der Waals surface area (Å²) in [5.41, 5.74) is 1.85. The van der Waals surface area contributed by atoms with Gasteiger partial charge in [0.2, 0.25) is 0 Å². The van der Waals surface area contributed by atoms with Crippen LogP contribution in [0.15, 0.2) is 60.7 Å². The monoisotopic (exact) mass is 338 g/mol. The number of hydrogen-bond acceptors (Lipinski definition) is 2. The van der Waals surface area contributed by atoms with Crippen LogP contribution < -0.4 is 15.4 Å². The number of ether oxygens (including phenoxy) is 1. The fourth-order valence-corrected chi connectivity index (χ4v) is 2.54. The van der Waals surface area contributed by atoms with Gasteiger partial charge in [-0.3, -0.25) is 0 Å². The SMILES string of the molecule is COc1ccc2cc(CNC(=O)NCc3ccc(F)cc3)ccc2c1. The van der Waals surface area contributed by atoms with Crippen LogP contribution in [-0.4, -0.2) is 13.1 Å². The van der Waals surface area contributed by atoms with Crippen LogP contribution in [0.2, 0.25) is 0 Å². The van der Waals surface area contributed by atoms with Crippen LogP contribution in [-0.2, 0) is 13.1 Å². The molecule has 0 atom stereocenters. The Hall–Kier alpha value is -3.08. The predicted molar refractivity (Wildman–Crippen MR) is 96.0 cm³/mol. The summed E-state index contributed by atoms with van der Waals surface area (Å²) in [6.07, 6.45) is 0. The number of urea groups is 1. The third kappa shape index (κ3) is 4.47. The second kappa shape index (κ2) is 7.66. The van der Waals surface area contributed by atoms with Crippen molar-refractivity contribution in [3.05, 3.63) is 77.6 Å². The van der Waals surface area contributed by atoms with E-state index in [1.165, 1.54) is 12.1 Å². The van der Waals surface area contributed by atoms with E-state index in [0.717, 1.165) is 27.6 Å². The highest BCUT2D eigenvalue weighted by Gasteiger charge is 2.03. The van der Waals surface area contributed by atoms with Crippen LogP contribution in [0.5, 0.6) is 5.75 Å². The number of halogens is 1. The van der Waals surface area contributed by atoms with E-state index in [9.17, 15) is 9.18 Å². The maximum atomic E-state index is 12.8. The summed E-state index contributed by atoms with van der Waals surface area (Å²) in [7, 11) is 1.64. The first kappa shape index (κ1) is 16.8. The molecule has 0 spiro atoms. The Bertz CT molecular complexity index is 879. The summed E-state index contributed by atoms with van der Waals surface area (Å²) < 4.78 is 18.1. The van der Waals surface area contributed by atoms with Gasteiger partial charge in [-0.05, 0) is 52.2 Å². The first-order valence-corrected chi connectivity index (χ1v) is 7.97. The van der Waals surface area contributed by atoms with E-state index in [0.29, 0.717) is 13.1 Å². The summed E-state index contributed by atoms with van der Waals surface area (Å²) in [5.74, 6) is 0.528. The fraction of sp³-hybridized carbons (Fsp3) is 0.150. The van der Waals surface area contributed by atoms with Crippen molar-refractivity contribution in [2.75, 3.05) is 7.11 Å². The molecule has 0 heterocycles. The highest BCUT2D eigenvalue weighted by Crippen LogP contribution is 2.21. The van der Waals surface area contributed by atoms with E-state index in [2.05, 4.69) is 10.6 Å². The molecule has 3 aromatic rings. The normalized spacial score (nSPS) is 10.5. The molecule has 5 heteroatoms. The molecular weight excluding hydrogens is 319 g/mol. The van der Waals surface area contributed by atoms with E-state index >= 15 is 0 Å². The minimum absolute atomic E-state index is 0.265. The Labute approximate surface area is 145 Å². The Kier molecular flexibility index (Phi) is 5.14. The van der Waals surface area contributed by atoms with Crippen molar-refractivity contribution in [3.8, 4) is 5.75 Å². The van der Waals surface area contributed by atoms with Gasteiger partial charge in [0, 0.05) is 13.1 Å². The number of carbonyl (C=O) groups is 1. The Morgan fingerprint density at radius 1 is 0.880 bits per heavy atom. The van der Waals surface area contributed by atoms with Crippen LogP contribution >= 0.6 is 0 Å². The second-order valence-corrected chi connectivity index (χ2v) is 5.71. The average molecular weight is 338 g/mol. The maximum absolute atomic E-state index is 12.8. The number of benzene rings is 3. The topological polar surface area (TPSA) is 50.4 Å². The number of methoxy groups -OCH3 is 1. The van der Waals surface area contributed by atoms with E-state index < -0.39 is 0 Å². The summed E-state index contributed by atoms with van der Waals surface area (Å²) in [6.45, 7) is 0.779. The van der Waals surface area contributed by atoms with E-state index in [1.807, 2.05) is 36.4 Å². The molecule has 0 aliphatic rings. The molecule has 3 rings (SSSR count). The van der Waals surface area contributed by atoms with Crippen molar-refractivity contribution in [1.82, 2.24) is 10.6 Å². The molecule has 2 amide bonds. The van der Waals surface area contributed by atoms with Gasteiger partial charge in [-0.1, -0.05) is 30.3 Å². The molecule has 0 saturated carbocycles. The zero-order valence-corrected chi connectivity index (χ0v) is 13.9. The van der Waals surface area contributed by atoms with Crippen molar-refractivity contribution < 1.29 is 13.9 Å². The Morgan fingerprint density at radius 2 is 1.48 bits per heavy atom. The lowest BCUT2D eigenvalue weighted by Crippen LogP contribution is -2.34. The van der Waals surface area contributed by atoms with E-state index in [4.69, 9.17) is 4.74 Å². The van der Waals surface area contributed by atoms with Crippen molar-refractivity contribution in [2.24, 2.45) is 0 Å². The minimum Gasteiger partial charge on any atom is -0.497 e. The quantitative estimate of drug-likeness (QED) is 0.739. The van der Waals surface area contributed by atoms with Crippen LogP contribution in [0.25, 0.3) is 10.8 Å². The number of nitrogens with one attached hydrogen (secondary N) is 2. The number of fused-ring (bicyclic) bond motifs is 1. The third-order valence-corrected chi connectivity index (χ3v) is 3.93. The molecule has 0 aliphatic carbocycles. The second-order valence-electron chi connectivity index (χ2n) is 5.71. The van der Waals surface area contributed by atoms with Crippen molar-refractivity contribution in [2.45, 2.75) is 13.1 Å². The lowest BCUT2D eigenvalue weighted by Gasteiger charge is -2.09. The molecule has 0 radical (unpaired) electrons. The van der Waals surface area contributed by atoms with Gasteiger partial charge in [0.25, 0.3) is 0 Å². The number of amides is 2. The zero-order valence-electron chi connectivity index (χ0n) is 13.9. The molecule has 25 heavy (non-hydrogen) atoms. The van der Waals surface area contributed by atoms with Gasteiger partial charge >= 0.3 is 6.03 Å². The van der Waals surface area contributed by atoms with Gasteiger partial charge in [0.15, 0.2) is 0 Å². The van der Waals surface area contributed by atoms with Crippen LogP contribution in [0.1, 0.15) is 11.1 Å². The lowest BCUT2D eigenvalue weighted by atomic mass is 10.1. The van der Waals surface area contributed by atoms with Gasteiger partial charge in [0.1, 0.15) is 11.6 Å². The molecule has 0 unspecified atom stereocenters. The molecule has 4 nitrogen and oxygen atoms in total. The summed E-state index contributed by atoms with van der Waals surface area (Å²) >= 11 is 0. The summed E-state index contributed by atoms with van der Waals surface area (Å²) in [6, 6.07) is 17.7. The Morgan fingerprint density at radius 3 is 2.20 bits per heavy atom.